The van der Waals surface area contributed by atoms with Crippen LogP contribution in [0.5, 0.6) is 0 Å². The Morgan fingerprint density at radius 1 is 0.436 bits per heavy atom. The van der Waals surface area contributed by atoms with Crippen LogP contribution >= 0.6 is 0 Å². The third kappa shape index (κ3) is 31.3. The number of aliphatic hydroxyl groups excluding tert-OH is 1. The Morgan fingerprint density at radius 3 is 0.923 bits per heavy atom. The van der Waals surface area contributed by atoms with Crippen molar-refractivity contribution in [1.82, 2.24) is 0 Å². The molecule has 5 heteroatoms. The monoisotopic (exact) mass is 554 g/mol. The van der Waals surface area contributed by atoms with Gasteiger partial charge in [-0.3, -0.25) is 9.59 Å². The Kier molecular flexibility index (Phi) is 30.5. The van der Waals surface area contributed by atoms with Gasteiger partial charge in [0.1, 0.15) is 19.3 Å². The first kappa shape index (κ1) is 37.9. The van der Waals surface area contributed by atoms with Gasteiger partial charge in [0, 0.05) is 12.8 Å². The summed E-state index contributed by atoms with van der Waals surface area (Å²) in [7, 11) is 0. The highest BCUT2D eigenvalue weighted by molar-refractivity contribution is 5.69. The van der Waals surface area contributed by atoms with Crippen LogP contribution in [0.4, 0.5) is 0 Å². The molecule has 0 bridgehead atoms. The van der Waals surface area contributed by atoms with E-state index >= 15 is 0 Å². The van der Waals surface area contributed by atoms with Crippen molar-refractivity contribution in [2.24, 2.45) is 0 Å². The smallest absolute Gasteiger partial charge is 0.305 e. The molecule has 0 rings (SSSR count). The highest BCUT2D eigenvalue weighted by atomic mass is 16.6. The van der Waals surface area contributed by atoms with Gasteiger partial charge in [-0.2, -0.15) is 0 Å². The van der Waals surface area contributed by atoms with Crippen LogP contribution in [0.15, 0.2) is 0 Å². The van der Waals surface area contributed by atoms with Gasteiger partial charge in [-0.25, -0.2) is 0 Å². The molecule has 1 atom stereocenters. The molecule has 0 fully saturated rings. The first-order chi connectivity index (χ1) is 19.1. The average molecular weight is 555 g/mol. The van der Waals surface area contributed by atoms with Gasteiger partial charge >= 0.3 is 11.9 Å². The van der Waals surface area contributed by atoms with Crippen molar-refractivity contribution in [2.45, 2.75) is 193 Å². The number of hydrogen-bond donors (Lipinski definition) is 1. The van der Waals surface area contributed by atoms with Crippen LogP contribution in [-0.2, 0) is 19.1 Å². The Bertz CT molecular complexity index is 522. The minimum Gasteiger partial charge on any atom is -0.463 e. The van der Waals surface area contributed by atoms with Crippen LogP contribution in [0, 0.1) is 0 Å². The number of hydrogen-bond acceptors (Lipinski definition) is 5. The molecular weight excluding hydrogens is 488 g/mol. The highest BCUT2D eigenvalue weighted by Gasteiger charge is 2.12. The largest absolute Gasteiger partial charge is 0.463 e. The summed E-state index contributed by atoms with van der Waals surface area (Å²) in [6.45, 7) is 4.29. The van der Waals surface area contributed by atoms with E-state index in [1.165, 1.54) is 128 Å². The van der Waals surface area contributed by atoms with Gasteiger partial charge in [0.25, 0.3) is 0 Å². The molecule has 0 heterocycles. The Hall–Kier alpha value is -1.10. The Labute approximate surface area is 242 Å². The molecule has 5 nitrogen and oxygen atoms in total. The number of carbonyl (C=O) groups excluding carboxylic acids is 2. The lowest BCUT2D eigenvalue weighted by Crippen LogP contribution is -2.25. The molecule has 0 aromatic carbocycles. The summed E-state index contributed by atoms with van der Waals surface area (Å²) in [6, 6.07) is 0. The van der Waals surface area contributed by atoms with Gasteiger partial charge in [0.05, 0.1) is 0 Å². The molecule has 232 valence electrons. The molecule has 0 aromatic rings. The van der Waals surface area contributed by atoms with Crippen molar-refractivity contribution in [3.8, 4) is 0 Å². The first-order valence-corrected chi connectivity index (χ1v) is 17.1. The third-order valence-electron chi connectivity index (χ3n) is 7.59. The zero-order chi connectivity index (χ0) is 28.7. The quantitative estimate of drug-likeness (QED) is 0.0681. The molecular formula is C34H66O5. The van der Waals surface area contributed by atoms with Crippen molar-refractivity contribution >= 4 is 11.9 Å². The summed E-state index contributed by atoms with van der Waals surface area (Å²) in [4.78, 5) is 23.7. The van der Waals surface area contributed by atoms with E-state index in [9.17, 15) is 14.7 Å². The summed E-state index contributed by atoms with van der Waals surface area (Å²) in [6.07, 6.45) is 31.5. The van der Waals surface area contributed by atoms with Crippen LogP contribution in [0.1, 0.15) is 187 Å². The number of rotatable bonds is 31. The van der Waals surface area contributed by atoms with E-state index in [0.717, 1.165) is 32.1 Å². The van der Waals surface area contributed by atoms with Crippen LogP contribution in [0.3, 0.4) is 0 Å². The van der Waals surface area contributed by atoms with Crippen molar-refractivity contribution in [2.75, 3.05) is 13.2 Å². The van der Waals surface area contributed by atoms with E-state index < -0.39 is 6.10 Å². The lowest BCUT2D eigenvalue weighted by Gasteiger charge is -2.12. The number of unbranched alkanes of at least 4 members (excludes halogenated alkanes) is 23. The average Bonchev–Trinajstić information content (AvgIpc) is 2.93. The number of ether oxygens (including phenoxy) is 2. The minimum absolute atomic E-state index is 0.108. The van der Waals surface area contributed by atoms with Crippen LogP contribution in [0.2, 0.25) is 0 Å². The Balaban J connectivity index is 3.38. The van der Waals surface area contributed by atoms with Crippen LogP contribution in [0.25, 0.3) is 0 Å². The first-order valence-electron chi connectivity index (χ1n) is 17.1. The molecule has 0 aliphatic carbocycles. The number of esters is 2. The van der Waals surface area contributed by atoms with Gasteiger partial charge in [-0.15, -0.1) is 0 Å². The highest BCUT2D eigenvalue weighted by Crippen LogP contribution is 2.14. The van der Waals surface area contributed by atoms with E-state index in [-0.39, 0.29) is 25.2 Å². The molecule has 0 radical (unpaired) electrons. The van der Waals surface area contributed by atoms with Crippen LogP contribution < -0.4 is 0 Å². The maximum absolute atomic E-state index is 11.9. The fraction of sp³-hybridized carbons (Fsp3) is 0.941. The minimum atomic E-state index is -0.952. The lowest BCUT2D eigenvalue weighted by atomic mass is 10.0. The molecule has 0 saturated heterocycles. The second kappa shape index (κ2) is 31.4. The van der Waals surface area contributed by atoms with Gasteiger partial charge in [0.2, 0.25) is 0 Å². The van der Waals surface area contributed by atoms with Gasteiger partial charge in [-0.05, 0) is 12.8 Å². The molecule has 0 unspecified atom stereocenters. The van der Waals surface area contributed by atoms with Crippen molar-refractivity contribution in [3.63, 3.8) is 0 Å². The van der Waals surface area contributed by atoms with Gasteiger partial charge in [-0.1, -0.05) is 162 Å². The second-order valence-corrected chi connectivity index (χ2v) is 11.7. The lowest BCUT2D eigenvalue weighted by molar-refractivity contribution is -0.152. The predicted molar refractivity (Wildman–Crippen MR) is 164 cm³/mol. The number of aliphatic hydroxyl groups is 1. The predicted octanol–water partition coefficient (Wildman–Crippen LogP) is 10.0. The summed E-state index contributed by atoms with van der Waals surface area (Å²) in [5, 5.41) is 9.94. The molecule has 1 N–H and O–H groups in total. The van der Waals surface area contributed by atoms with E-state index in [0.29, 0.717) is 12.8 Å². The zero-order valence-electron chi connectivity index (χ0n) is 26.2. The van der Waals surface area contributed by atoms with Gasteiger partial charge < -0.3 is 14.6 Å². The fourth-order valence-corrected chi connectivity index (χ4v) is 4.97. The summed E-state index contributed by atoms with van der Waals surface area (Å²) in [5.74, 6) is -0.558. The number of carbonyl (C=O) groups is 2. The maximum atomic E-state index is 11.9. The fourth-order valence-electron chi connectivity index (χ4n) is 4.97. The van der Waals surface area contributed by atoms with Crippen LogP contribution in [-0.4, -0.2) is 36.4 Å². The summed E-state index contributed by atoms with van der Waals surface area (Å²) < 4.78 is 10.3. The molecule has 0 aliphatic rings. The summed E-state index contributed by atoms with van der Waals surface area (Å²) in [5.41, 5.74) is 0. The molecule has 39 heavy (non-hydrogen) atoms. The van der Waals surface area contributed by atoms with Crippen molar-refractivity contribution in [3.05, 3.63) is 0 Å². The van der Waals surface area contributed by atoms with E-state index in [4.69, 9.17) is 9.47 Å². The van der Waals surface area contributed by atoms with E-state index in [1.807, 2.05) is 0 Å². The van der Waals surface area contributed by atoms with Crippen molar-refractivity contribution in [1.29, 1.82) is 0 Å². The molecule has 0 saturated carbocycles. The standard InChI is InChI=1S/C34H66O5/c1-3-5-7-9-11-13-14-15-16-17-18-19-21-23-25-27-29-34(37)39-31-32(35)30-38-33(36)28-26-24-22-20-12-10-8-6-4-2/h32,35H,3-31H2,1-2H3/t32-/m1/s1. The topological polar surface area (TPSA) is 72.8 Å². The normalized spacial score (nSPS) is 12.0. The molecule has 0 amide bonds. The molecule has 0 aromatic heterocycles. The second-order valence-electron chi connectivity index (χ2n) is 11.7. The summed E-state index contributed by atoms with van der Waals surface area (Å²) >= 11 is 0. The zero-order valence-corrected chi connectivity index (χ0v) is 26.2. The third-order valence-corrected chi connectivity index (χ3v) is 7.59. The molecule has 0 aliphatic heterocycles. The Morgan fingerprint density at radius 2 is 0.667 bits per heavy atom. The SMILES string of the molecule is CCCCCCCCCCCCCCCCCCC(=O)OC[C@H](O)COC(=O)CCCCCCCCCCC. The van der Waals surface area contributed by atoms with Crippen molar-refractivity contribution < 1.29 is 24.2 Å². The maximum Gasteiger partial charge on any atom is 0.305 e. The molecule has 0 spiro atoms. The van der Waals surface area contributed by atoms with Gasteiger partial charge in [0.15, 0.2) is 0 Å². The van der Waals surface area contributed by atoms with E-state index in [2.05, 4.69) is 13.8 Å². The van der Waals surface area contributed by atoms with E-state index in [1.54, 1.807) is 0 Å².